The number of benzene rings is 2. The zero-order valence-corrected chi connectivity index (χ0v) is 17.7. The zero-order chi connectivity index (χ0) is 20.0. The Hall–Kier alpha value is -1.80. The second kappa shape index (κ2) is 7.47. The molecule has 0 saturated carbocycles. The van der Waals surface area contributed by atoms with E-state index in [1.807, 2.05) is 36.4 Å². The van der Waals surface area contributed by atoms with Gasteiger partial charge in [0.2, 0.25) is 10.0 Å². The molecule has 3 aliphatic rings. The summed E-state index contributed by atoms with van der Waals surface area (Å²) in [5, 5.41) is 0.739. The van der Waals surface area contributed by atoms with Crippen molar-refractivity contribution >= 4 is 33.0 Å². The maximum atomic E-state index is 13.2. The average Bonchev–Trinajstić information content (AvgIpc) is 3.32. The van der Waals surface area contributed by atoms with Gasteiger partial charge in [0.25, 0.3) is 0 Å². The van der Waals surface area contributed by atoms with Crippen LogP contribution in [0.2, 0.25) is 5.02 Å². The van der Waals surface area contributed by atoms with Gasteiger partial charge in [-0.25, -0.2) is 8.42 Å². The Morgan fingerprint density at radius 3 is 2.62 bits per heavy atom. The number of morpholine rings is 1. The van der Waals surface area contributed by atoms with E-state index in [4.69, 9.17) is 16.3 Å². The molecule has 2 aromatic rings. The van der Waals surface area contributed by atoms with Crippen LogP contribution in [-0.2, 0) is 21.3 Å². The summed E-state index contributed by atoms with van der Waals surface area (Å²) in [6, 6.07) is 13.4. The number of fused-ring (bicyclic) bond motifs is 3. The summed E-state index contributed by atoms with van der Waals surface area (Å²) in [5.74, 6) is 0. The molecule has 2 aromatic carbocycles. The fourth-order valence-electron chi connectivity index (χ4n) is 4.59. The van der Waals surface area contributed by atoms with Crippen LogP contribution in [0.15, 0.2) is 47.4 Å². The minimum absolute atomic E-state index is 0.252. The normalized spacial score (nSPS) is 22.0. The summed E-state index contributed by atoms with van der Waals surface area (Å²) in [6.45, 7) is 3.34. The second-order valence-electron chi connectivity index (χ2n) is 7.70. The molecule has 0 aromatic heterocycles. The molecule has 3 heterocycles. The Balaban J connectivity index is 1.53. The molecule has 8 heteroatoms. The number of anilines is 2. The SMILES string of the molecule is O=S(=O)(c1ccc2c(c1)N(Cc1ccccc1Cl)[C@H]1CCCN21)N1CCOCC1. The van der Waals surface area contributed by atoms with Crippen LogP contribution in [0.5, 0.6) is 0 Å². The number of rotatable bonds is 4. The highest BCUT2D eigenvalue weighted by atomic mass is 35.5. The lowest BCUT2D eigenvalue weighted by molar-refractivity contribution is 0.0730. The van der Waals surface area contributed by atoms with E-state index >= 15 is 0 Å². The van der Waals surface area contributed by atoms with E-state index in [-0.39, 0.29) is 6.17 Å². The van der Waals surface area contributed by atoms with Gasteiger partial charge in [0.05, 0.1) is 29.5 Å². The predicted molar refractivity (Wildman–Crippen MR) is 114 cm³/mol. The van der Waals surface area contributed by atoms with Crippen LogP contribution in [0.1, 0.15) is 18.4 Å². The molecular formula is C21H24ClN3O3S. The molecule has 154 valence electrons. The third-order valence-corrected chi connectivity index (χ3v) is 8.32. The Morgan fingerprint density at radius 1 is 1.03 bits per heavy atom. The number of halogens is 1. The van der Waals surface area contributed by atoms with Crippen LogP contribution < -0.4 is 9.80 Å². The number of hydrogen-bond acceptors (Lipinski definition) is 5. The minimum atomic E-state index is -3.53. The summed E-state index contributed by atoms with van der Waals surface area (Å²) in [7, 11) is -3.53. The average molecular weight is 434 g/mol. The van der Waals surface area contributed by atoms with Gasteiger partial charge in [-0.2, -0.15) is 4.31 Å². The Labute approximate surface area is 176 Å². The van der Waals surface area contributed by atoms with Crippen molar-refractivity contribution in [2.45, 2.75) is 30.4 Å². The van der Waals surface area contributed by atoms with Crippen molar-refractivity contribution < 1.29 is 13.2 Å². The topological polar surface area (TPSA) is 53.1 Å². The van der Waals surface area contributed by atoms with Crippen molar-refractivity contribution in [2.24, 2.45) is 0 Å². The molecule has 0 amide bonds. The van der Waals surface area contributed by atoms with E-state index < -0.39 is 10.0 Å². The highest BCUT2D eigenvalue weighted by molar-refractivity contribution is 7.89. The Kier molecular flexibility index (Phi) is 4.94. The molecule has 6 nitrogen and oxygen atoms in total. The lowest BCUT2D eigenvalue weighted by Crippen LogP contribution is -2.40. The lowest BCUT2D eigenvalue weighted by Gasteiger charge is -2.28. The van der Waals surface area contributed by atoms with Crippen LogP contribution in [-0.4, -0.2) is 51.7 Å². The number of sulfonamides is 1. The van der Waals surface area contributed by atoms with Gasteiger partial charge in [0.1, 0.15) is 6.17 Å². The Morgan fingerprint density at radius 2 is 1.83 bits per heavy atom. The number of hydrogen-bond donors (Lipinski definition) is 0. The Bertz CT molecular complexity index is 1020. The smallest absolute Gasteiger partial charge is 0.243 e. The first-order valence-electron chi connectivity index (χ1n) is 10.0. The first kappa shape index (κ1) is 19.2. The molecule has 0 unspecified atom stereocenters. The van der Waals surface area contributed by atoms with Gasteiger partial charge in [-0.05, 0) is 42.7 Å². The third kappa shape index (κ3) is 3.30. The highest BCUT2D eigenvalue weighted by Gasteiger charge is 2.40. The van der Waals surface area contributed by atoms with Crippen molar-refractivity contribution in [3.63, 3.8) is 0 Å². The highest BCUT2D eigenvalue weighted by Crippen LogP contribution is 2.46. The minimum Gasteiger partial charge on any atom is -0.379 e. The van der Waals surface area contributed by atoms with Gasteiger partial charge in [0.15, 0.2) is 0 Å². The molecule has 0 bridgehead atoms. The van der Waals surface area contributed by atoms with Crippen molar-refractivity contribution in [2.75, 3.05) is 42.6 Å². The van der Waals surface area contributed by atoms with Crippen molar-refractivity contribution in [3.8, 4) is 0 Å². The van der Waals surface area contributed by atoms with Gasteiger partial charge < -0.3 is 14.5 Å². The van der Waals surface area contributed by atoms with Gasteiger partial charge in [0, 0.05) is 31.2 Å². The maximum absolute atomic E-state index is 13.2. The second-order valence-corrected chi connectivity index (χ2v) is 10.0. The van der Waals surface area contributed by atoms with Gasteiger partial charge in [-0.15, -0.1) is 0 Å². The lowest BCUT2D eigenvalue weighted by atomic mass is 10.1. The van der Waals surface area contributed by atoms with Crippen LogP contribution >= 0.6 is 11.6 Å². The molecule has 5 rings (SSSR count). The van der Waals surface area contributed by atoms with E-state index in [1.54, 1.807) is 6.07 Å². The fourth-order valence-corrected chi connectivity index (χ4v) is 6.21. The molecule has 1 atom stereocenters. The van der Waals surface area contributed by atoms with Crippen molar-refractivity contribution in [1.29, 1.82) is 0 Å². The monoisotopic (exact) mass is 433 g/mol. The molecule has 0 aliphatic carbocycles. The molecule has 0 N–H and O–H groups in total. The van der Waals surface area contributed by atoms with E-state index in [0.717, 1.165) is 41.3 Å². The summed E-state index contributed by atoms with van der Waals surface area (Å²) >= 11 is 6.42. The molecular weight excluding hydrogens is 410 g/mol. The molecule has 0 spiro atoms. The van der Waals surface area contributed by atoms with E-state index in [9.17, 15) is 8.42 Å². The van der Waals surface area contributed by atoms with Crippen LogP contribution in [0.25, 0.3) is 0 Å². The maximum Gasteiger partial charge on any atom is 0.243 e. The zero-order valence-electron chi connectivity index (χ0n) is 16.1. The number of nitrogens with zero attached hydrogens (tertiary/aromatic N) is 3. The predicted octanol–water partition coefficient (Wildman–Crippen LogP) is 3.31. The largest absolute Gasteiger partial charge is 0.379 e. The number of ether oxygens (including phenoxy) is 1. The van der Waals surface area contributed by atoms with E-state index in [0.29, 0.717) is 37.7 Å². The first-order chi connectivity index (χ1) is 14.1. The summed E-state index contributed by atoms with van der Waals surface area (Å²) in [5.41, 5.74) is 3.14. The molecule has 0 radical (unpaired) electrons. The summed E-state index contributed by atoms with van der Waals surface area (Å²) < 4.78 is 33.2. The fraction of sp³-hybridized carbons (Fsp3) is 0.429. The van der Waals surface area contributed by atoms with Crippen LogP contribution in [0.3, 0.4) is 0 Å². The van der Waals surface area contributed by atoms with Crippen molar-refractivity contribution in [3.05, 3.63) is 53.1 Å². The molecule has 2 fully saturated rings. The summed E-state index contributed by atoms with van der Waals surface area (Å²) in [4.78, 5) is 5.04. The molecule has 3 aliphatic heterocycles. The van der Waals surface area contributed by atoms with Crippen LogP contribution in [0.4, 0.5) is 11.4 Å². The summed E-state index contributed by atoms with van der Waals surface area (Å²) in [6.07, 6.45) is 2.45. The van der Waals surface area contributed by atoms with E-state index in [1.165, 1.54) is 4.31 Å². The van der Waals surface area contributed by atoms with Gasteiger partial charge in [-0.3, -0.25) is 0 Å². The quantitative estimate of drug-likeness (QED) is 0.740. The molecule has 29 heavy (non-hydrogen) atoms. The third-order valence-electron chi connectivity index (χ3n) is 6.05. The van der Waals surface area contributed by atoms with Gasteiger partial charge in [-0.1, -0.05) is 29.8 Å². The molecule has 2 saturated heterocycles. The standard InChI is InChI=1S/C21H24ClN3O3S/c22-18-5-2-1-4-16(18)15-25-20-14-17(29(26,27)23-10-12-28-13-11-23)7-8-19(20)24-9-3-6-21(24)25/h1-2,4-5,7-8,14,21H,3,6,9-13,15H2/t21-/m0/s1. The van der Waals surface area contributed by atoms with Crippen LogP contribution in [0, 0.1) is 0 Å². The van der Waals surface area contributed by atoms with Gasteiger partial charge >= 0.3 is 0 Å². The first-order valence-corrected chi connectivity index (χ1v) is 11.9. The van der Waals surface area contributed by atoms with E-state index in [2.05, 4.69) is 9.80 Å². The van der Waals surface area contributed by atoms with Crippen molar-refractivity contribution in [1.82, 2.24) is 4.31 Å².